The van der Waals surface area contributed by atoms with Gasteiger partial charge in [-0.1, -0.05) is 11.6 Å². The molecular weight excluding hydrogens is 160 g/mol. The van der Waals surface area contributed by atoms with Gasteiger partial charge in [0.05, 0.1) is 0 Å². The van der Waals surface area contributed by atoms with E-state index in [-0.39, 0.29) is 0 Å². The molecule has 11 heavy (non-hydrogen) atoms. The molecule has 0 amide bonds. The number of nitrogens with one attached hydrogen (secondary N) is 2. The standard InChI is InChI=1S/C8H11ClN2/c9-8-4-6(5-11-8)7-2-1-3-10-7/h4-5,7,10-11H,1-3H2/t7-/m1/s1. The third kappa shape index (κ3) is 1.42. The fourth-order valence-electron chi connectivity index (χ4n) is 1.55. The molecule has 1 aromatic rings. The van der Waals surface area contributed by atoms with Crippen LogP contribution in [0.5, 0.6) is 0 Å². The van der Waals surface area contributed by atoms with Gasteiger partial charge < -0.3 is 10.3 Å². The Morgan fingerprint density at radius 3 is 3.00 bits per heavy atom. The summed E-state index contributed by atoms with van der Waals surface area (Å²) in [5.41, 5.74) is 1.28. The van der Waals surface area contributed by atoms with E-state index < -0.39 is 0 Å². The molecule has 2 N–H and O–H groups in total. The van der Waals surface area contributed by atoms with E-state index in [1.54, 1.807) is 0 Å². The first-order chi connectivity index (χ1) is 5.36. The number of halogens is 1. The van der Waals surface area contributed by atoms with Crippen LogP contribution < -0.4 is 5.32 Å². The molecule has 1 aromatic heterocycles. The summed E-state index contributed by atoms with van der Waals surface area (Å²) in [6.07, 6.45) is 4.48. The van der Waals surface area contributed by atoms with Crippen molar-refractivity contribution in [3.05, 3.63) is 23.0 Å². The Kier molecular flexibility index (Phi) is 1.88. The van der Waals surface area contributed by atoms with Crippen molar-refractivity contribution in [1.82, 2.24) is 10.3 Å². The average molecular weight is 171 g/mol. The molecule has 0 saturated carbocycles. The Hall–Kier alpha value is -0.470. The molecular formula is C8H11ClN2. The van der Waals surface area contributed by atoms with Crippen LogP contribution in [0.15, 0.2) is 12.3 Å². The van der Waals surface area contributed by atoms with E-state index in [1.165, 1.54) is 18.4 Å². The first-order valence-corrected chi connectivity index (χ1v) is 4.31. The maximum Gasteiger partial charge on any atom is 0.106 e. The summed E-state index contributed by atoms with van der Waals surface area (Å²) < 4.78 is 0. The van der Waals surface area contributed by atoms with Crippen LogP contribution in [0.3, 0.4) is 0 Å². The topological polar surface area (TPSA) is 27.8 Å². The van der Waals surface area contributed by atoms with Crippen molar-refractivity contribution in [1.29, 1.82) is 0 Å². The molecule has 60 valence electrons. The van der Waals surface area contributed by atoms with Crippen LogP contribution in [0.25, 0.3) is 0 Å². The molecule has 1 atom stereocenters. The minimum absolute atomic E-state index is 0.527. The zero-order valence-electron chi connectivity index (χ0n) is 6.23. The van der Waals surface area contributed by atoms with Crippen LogP contribution in [0.4, 0.5) is 0 Å². The van der Waals surface area contributed by atoms with E-state index in [0.717, 1.165) is 11.7 Å². The largest absolute Gasteiger partial charge is 0.352 e. The van der Waals surface area contributed by atoms with Crippen LogP contribution in [0.1, 0.15) is 24.4 Å². The Morgan fingerprint density at radius 1 is 1.55 bits per heavy atom. The van der Waals surface area contributed by atoms with Gasteiger partial charge in [-0.2, -0.15) is 0 Å². The van der Waals surface area contributed by atoms with Gasteiger partial charge in [-0.25, -0.2) is 0 Å². The van der Waals surface area contributed by atoms with Gasteiger partial charge in [-0.05, 0) is 31.0 Å². The van der Waals surface area contributed by atoms with E-state index in [4.69, 9.17) is 11.6 Å². The zero-order chi connectivity index (χ0) is 7.68. The molecule has 1 fully saturated rings. The monoisotopic (exact) mass is 170 g/mol. The predicted molar refractivity (Wildman–Crippen MR) is 45.8 cm³/mol. The summed E-state index contributed by atoms with van der Waals surface area (Å²) in [6, 6.07) is 2.52. The second-order valence-electron chi connectivity index (χ2n) is 2.93. The van der Waals surface area contributed by atoms with Crippen LogP contribution in [0.2, 0.25) is 5.15 Å². The number of H-pyrrole nitrogens is 1. The summed E-state index contributed by atoms with van der Waals surface area (Å²) in [5, 5.41) is 4.14. The van der Waals surface area contributed by atoms with Crippen LogP contribution in [0, 0.1) is 0 Å². The van der Waals surface area contributed by atoms with Crippen molar-refractivity contribution in [2.75, 3.05) is 6.54 Å². The second kappa shape index (κ2) is 2.88. The molecule has 0 unspecified atom stereocenters. The molecule has 3 heteroatoms. The van der Waals surface area contributed by atoms with Gasteiger partial charge in [0, 0.05) is 12.2 Å². The smallest absolute Gasteiger partial charge is 0.106 e. The Balaban J connectivity index is 2.15. The van der Waals surface area contributed by atoms with Crippen LogP contribution in [-0.2, 0) is 0 Å². The second-order valence-corrected chi connectivity index (χ2v) is 3.34. The highest BCUT2D eigenvalue weighted by atomic mass is 35.5. The Labute approximate surface area is 70.9 Å². The van der Waals surface area contributed by atoms with Crippen molar-refractivity contribution >= 4 is 11.6 Å². The minimum Gasteiger partial charge on any atom is -0.352 e. The fourth-order valence-corrected chi connectivity index (χ4v) is 1.73. The van der Waals surface area contributed by atoms with Crippen molar-refractivity contribution in [3.8, 4) is 0 Å². The first kappa shape index (κ1) is 7.19. The number of rotatable bonds is 1. The molecule has 0 aromatic carbocycles. The lowest BCUT2D eigenvalue weighted by Gasteiger charge is -2.05. The van der Waals surface area contributed by atoms with E-state index in [2.05, 4.69) is 10.3 Å². The lowest BCUT2D eigenvalue weighted by molar-refractivity contribution is 0.648. The molecule has 1 aliphatic heterocycles. The third-order valence-corrected chi connectivity index (χ3v) is 2.35. The summed E-state index contributed by atoms with van der Waals surface area (Å²) in [4.78, 5) is 2.97. The number of hydrogen-bond acceptors (Lipinski definition) is 1. The first-order valence-electron chi connectivity index (χ1n) is 3.93. The van der Waals surface area contributed by atoms with Gasteiger partial charge in [0.25, 0.3) is 0 Å². The summed E-state index contributed by atoms with van der Waals surface area (Å²) in [6.45, 7) is 1.13. The number of aromatic nitrogens is 1. The molecule has 2 rings (SSSR count). The van der Waals surface area contributed by atoms with E-state index >= 15 is 0 Å². The Bertz CT molecular complexity index is 238. The van der Waals surface area contributed by atoms with E-state index in [0.29, 0.717) is 6.04 Å². The normalized spacial score (nSPS) is 24.3. The molecule has 1 aliphatic rings. The number of hydrogen-bond donors (Lipinski definition) is 2. The van der Waals surface area contributed by atoms with Crippen molar-refractivity contribution in [3.63, 3.8) is 0 Å². The van der Waals surface area contributed by atoms with Gasteiger partial charge in [-0.3, -0.25) is 0 Å². The molecule has 0 radical (unpaired) electrons. The van der Waals surface area contributed by atoms with E-state index in [1.807, 2.05) is 12.3 Å². The van der Waals surface area contributed by atoms with Gasteiger partial charge >= 0.3 is 0 Å². The van der Waals surface area contributed by atoms with Gasteiger partial charge in [0.15, 0.2) is 0 Å². The average Bonchev–Trinajstić information content (AvgIpc) is 2.55. The van der Waals surface area contributed by atoms with Crippen LogP contribution in [-0.4, -0.2) is 11.5 Å². The SMILES string of the molecule is Clc1cc([C@H]2CCCN2)c[nH]1. The zero-order valence-corrected chi connectivity index (χ0v) is 6.99. The molecule has 2 heterocycles. The van der Waals surface area contributed by atoms with Crippen molar-refractivity contribution in [2.24, 2.45) is 0 Å². The molecule has 0 spiro atoms. The lowest BCUT2D eigenvalue weighted by atomic mass is 10.1. The molecule has 1 saturated heterocycles. The molecule has 2 nitrogen and oxygen atoms in total. The highest BCUT2D eigenvalue weighted by molar-refractivity contribution is 6.29. The minimum atomic E-state index is 0.527. The van der Waals surface area contributed by atoms with Crippen LogP contribution >= 0.6 is 11.6 Å². The summed E-state index contributed by atoms with van der Waals surface area (Å²) in [5.74, 6) is 0. The fraction of sp³-hybridized carbons (Fsp3) is 0.500. The van der Waals surface area contributed by atoms with Crippen molar-refractivity contribution in [2.45, 2.75) is 18.9 Å². The summed E-state index contributed by atoms with van der Waals surface area (Å²) >= 11 is 5.76. The highest BCUT2D eigenvalue weighted by Gasteiger charge is 2.16. The molecule has 0 bridgehead atoms. The maximum absolute atomic E-state index is 5.76. The van der Waals surface area contributed by atoms with E-state index in [9.17, 15) is 0 Å². The predicted octanol–water partition coefficient (Wildman–Crippen LogP) is 2.09. The van der Waals surface area contributed by atoms with Gasteiger partial charge in [0.1, 0.15) is 5.15 Å². The highest BCUT2D eigenvalue weighted by Crippen LogP contribution is 2.24. The Morgan fingerprint density at radius 2 is 2.45 bits per heavy atom. The number of aromatic amines is 1. The van der Waals surface area contributed by atoms with Gasteiger partial charge in [0.2, 0.25) is 0 Å². The quantitative estimate of drug-likeness (QED) is 0.664. The van der Waals surface area contributed by atoms with Gasteiger partial charge in [-0.15, -0.1) is 0 Å². The van der Waals surface area contributed by atoms with Crippen molar-refractivity contribution < 1.29 is 0 Å². The lowest BCUT2D eigenvalue weighted by Crippen LogP contribution is -2.11. The third-order valence-electron chi connectivity index (χ3n) is 2.13. The maximum atomic E-state index is 5.76. The summed E-state index contributed by atoms with van der Waals surface area (Å²) in [7, 11) is 0. The molecule has 0 aliphatic carbocycles.